The predicted molar refractivity (Wildman–Crippen MR) is 49.6 cm³/mol. The van der Waals surface area contributed by atoms with Gasteiger partial charge in [0, 0.05) is 0 Å². The molecule has 1 aromatic rings. The summed E-state index contributed by atoms with van der Waals surface area (Å²) in [5, 5.41) is 9.56. The third-order valence-corrected chi connectivity index (χ3v) is 2.06. The van der Waals surface area contributed by atoms with Crippen LogP contribution in [0.4, 0.5) is 8.78 Å². The molecule has 0 saturated heterocycles. The van der Waals surface area contributed by atoms with Gasteiger partial charge in [0.05, 0.1) is 11.6 Å². The second-order valence-corrected chi connectivity index (χ2v) is 3.80. The van der Waals surface area contributed by atoms with E-state index in [1.54, 1.807) is 0 Å². The number of rotatable bonds is 2. The highest BCUT2D eigenvalue weighted by Crippen LogP contribution is 2.23. The fraction of sp³-hybridized carbons (Fsp3) is 0.400. The Hall–Kier alpha value is -1.00. The van der Waals surface area contributed by atoms with Crippen molar-refractivity contribution >= 4 is 0 Å². The first-order valence-corrected chi connectivity index (χ1v) is 4.25. The van der Waals surface area contributed by atoms with E-state index < -0.39 is 23.3 Å². The number of benzene rings is 1. The molecule has 3 N–H and O–H groups in total. The van der Waals surface area contributed by atoms with Gasteiger partial charge in [0.25, 0.3) is 0 Å². The minimum atomic E-state index is -1.16. The maximum atomic E-state index is 12.8. The van der Waals surface area contributed by atoms with Gasteiger partial charge >= 0.3 is 0 Å². The Morgan fingerprint density at radius 1 is 1.29 bits per heavy atom. The van der Waals surface area contributed by atoms with Crippen molar-refractivity contribution in [2.24, 2.45) is 5.73 Å². The number of aliphatic hydroxyl groups is 1. The maximum Gasteiger partial charge on any atom is 0.159 e. The van der Waals surface area contributed by atoms with Gasteiger partial charge in [-0.05, 0) is 31.5 Å². The van der Waals surface area contributed by atoms with E-state index in [9.17, 15) is 13.9 Å². The van der Waals surface area contributed by atoms with E-state index in [1.165, 1.54) is 19.9 Å². The highest BCUT2D eigenvalue weighted by molar-refractivity contribution is 5.23. The Morgan fingerprint density at radius 3 is 2.29 bits per heavy atom. The average molecular weight is 201 g/mol. The molecule has 0 heterocycles. The van der Waals surface area contributed by atoms with E-state index in [1.807, 2.05) is 0 Å². The van der Waals surface area contributed by atoms with E-state index in [0.717, 1.165) is 12.1 Å². The van der Waals surface area contributed by atoms with Crippen molar-refractivity contribution in [1.82, 2.24) is 0 Å². The first kappa shape index (κ1) is 11.1. The summed E-state index contributed by atoms with van der Waals surface area (Å²) in [4.78, 5) is 0. The van der Waals surface area contributed by atoms with Crippen molar-refractivity contribution in [1.29, 1.82) is 0 Å². The lowest BCUT2D eigenvalue weighted by Crippen LogP contribution is -2.35. The van der Waals surface area contributed by atoms with E-state index in [-0.39, 0.29) is 0 Å². The van der Waals surface area contributed by atoms with Gasteiger partial charge in [-0.15, -0.1) is 0 Å². The van der Waals surface area contributed by atoms with Crippen LogP contribution < -0.4 is 5.73 Å². The molecule has 4 heteroatoms. The molecule has 0 saturated carbocycles. The molecule has 0 aliphatic rings. The zero-order valence-corrected chi connectivity index (χ0v) is 8.09. The molecule has 1 rings (SSSR count). The van der Waals surface area contributed by atoms with Crippen LogP contribution in [0.15, 0.2) is 18.2 Å². The number of nitrogens with two attached hydrogens (primary N) is 1. The summed E-state index contributed by atoms with van der Waals surface area (Å²) in [6, 6.07) is 2.62. The van der Waals surface area contributed by atoms with Crippen LogP contribution in [0.5, 0.6) is 0 Å². The molecule has 0 aliphatic carbocycles. The molecule has 0 aliphatic heterocycles. The Kier molecular flexibility index (Phi) is 2.87. The number of hydrogen-bond acceptors (Lipinski definition) is 2. The van der Waals surface area contributed by atoms with Crippen LogP contribution in [0.1, 0.15) is 25.5 Å². The summed E-state index contributed by atoms with van der Waals surface area (Å²) in [5.74, 6) is -1.88. The molecule has 14 heavy (non-hydrogen) atoms. The monoisotopic (exact) mass is 201 g/mol. The second kappa shape index (κ2) is 3.63. The molecule has 0 spiro atoms. The highest BCUT2D eigenvalue weighted by Gasteiger charge is 2.25. The fourth-order valence-corrected chi connectivity index (χ4v) is 1.11. The molecule has 0 amide bonds. The highest BCUT2D eigenvalue weighted by atomic mass is 19.2. The minimum absolute atomic E-state index is 0.372. The first-order chi connectivity index (χ1) is 6.32. The summed E-state index contributed by atoms with van der Waals surface area (Å²) in [7, 11) is 0. The van der Waals surface area contributed by atoms with Crippen LogP contribution in [0.2, 0.25) is 0 Å². The number of hydrogen-bond donors (Lipinski definition) is 2. The minimum Gasteiger partial charge on any atom is -0.388 e. The lowest BCUT2D eigenvalue weighted by atomic mass is 9.93. The summed E-state index contributed by atoms with van der Waals surface area (Å²) in [6.45, 7) is 3.03. The smallest absolute Gasteiger partial charge is 0.159 e. The Labute approximate surface area is 81.4 Å². The molecule has 0 fully saturated rings. The SMILES string of the molecule is CC(C)(O)C(N)c1ccc(F)c(F)c1. The summed E-state index contributed by atoms with van der Waals surface area (Å²) < 4.78 is 25.4. The zero-order valence-electron chi connectivity index (χ0n) is 8.09. The summed E-state index contributed by atoms with van der Waals surface area (Å²) >= 11 is 0. The van der Waals surface area contributed by atoms with E-state index in [0.29, 0.717) is 5.56 Å². The zero-order chi connectivity index (χ0) is 10.9. The van der Waals surface area contributed by atoms with Crippen molar-refractivity contribution < 1.29 is 13.9 Å². The average Bonchev–Trinajstić information content (AvgIpc) is 2.07. The predicted octanol–water partition coefficient (Wildman–Crippen LogP) is 1.74. The Balaban J connectivity index is 3.03. The molecule has 1 atom stereocenters. The van der Waals surface area contributed by atoms with Gasteiger partial charge in [0.15, 0.2) is 11.6 Å². The van der Waals surface area contributed by atoms with E-state index in [4.69, 9.17) is 5.73 Å². The lowest BCUT2D eigenvalue weighted by Gasteiger charge is -2.25. The van der Waals surface area contributed by atoms with Crippen LogP contribution in [-0.4, -0.2) is 10.7 Å². The fourth-order valence-electron chi connectivity index (χ4n) is 1.11. The third kappa shape index (κ3) is 2.27. The largest absolute Gasteiger partial charge is 0.388 e. The lowest BCUT2D eigenvalue weighted by molar-refractivity contribution is 0.0516. The van der Waals surface area contributed by atoms with Gasteiger partial charge in [0.2, 0.25) is 0 Å². The summed E-state index contributed by atoms with van der Waals surface area (Å²) in [5.41, 5.74) is 4.86. The van der Waals surface area contributed by atoms with Crippen molar-refractivity contribution in [2.45, 2.75) is 25.5 Å². The molecule has 0 aromatic heterocycles. The van der Waals surface area contributed by atoms with Crippen LogP contribution in [0.25, 0.3) is 0 Å². The van der Waals surface area contributed by atoms with Crippen LogP contribution in [-0.2, 0) is 0 Å². The molecule has 78 valence electrons. The van der Waals surface area contributed by atoms with Gasteiger partial charge < -0.3 is 10.8 Å². The van der Waals surface area contributed by atoms with Gasteiger partial charge in [-0.1, -0.05) is 6.07 Å². The molecular formula is C10H13F2NO. The third-order valence-electron chi connectivity index (χ3n) is 2.06. The first-order valence-electron chi connectivity index (χ1n) is 4.25. The normalized spacial score (nSPS) is 14.1. The van der Waals surface area contributed by atoms with Gasteiger partial charge in [-0.25, -0.2) is 8.78 Å². The van der Waals surface area contributed by atoms with E-state index in [2.05, 4.69) is 0 Å². The molecule has 2 nitrogen and oxygen atoms in total. The van der Waals surface area contributed by atoms with E-state index >= 15 is 0 Å². The van der Waals surface area contributed by atoms with Gasteiger partial charge in [-0.2, -0.15) is 0 Å². The Bertz CT molecular complexity index is 333. The number of halogens is 2. The van der Waals surface area contributed by atoms with Crippen LogP contribution in [0.3, 0.4) is 0 Å². The molecule has 1 aromatic carbocycles. The summed E-state index contributed by atoms with van der Waals surface area (Å²) in [6.07, 6.45) is 0. The van der Waals surface area contributed by atoms with Crippen LogP contribution >= 0.6 is 0 Å². The van der Waals surface area contributed by atoms with Crippen molar-refractivity contribution in [3.63, 3.8) is 0 Å². The van der Waals surface area contributed by atoms with Crippen molar-refractivity contribution in [3.8, 4) is 0 Å². The molecular weight excluding hydrogens is 188 g/mol. The quantitative estimate of drug-likeness (QED) is 0.765. The van der Waals surface area contributed by atoms with Gasteiger partial charge in [-0.3, -0.25) is 0 Å². The maximum absolute atomic E-state index is 12.8. The topological polar surface area (TPSA) is 46.2 Å². The standard InChI is InChI=1S/C10H13F2NO/c1-10(2,14)9(13)6-3-4-7(11)8(12)5-6/h3-5,9,14H,13H2,1-2H3. The van der Waals surface area contributed by atoms with Crippen LogP contribution in [0, 0.1) is 11.6 Å². The van der Waals surface area contributed by atoms with Crippen molar-refractivity contribution in [2.75, 3.05) is 0 Å². The molecule has 0 bridgehead atoms. The molecule has 0 radical (unpaired) electrons. The molecule has 1 unspecified atom stereocenters. The van der Waals surface area contributed by atoms with Crippen molar-refractivity contribution in [3.05, 3.63) is 35.4 Å². The van der Waals surface area contributed by atoms with Gasteiger partial charge in [0.1, 0.15) is 0 Å². The Morgan fingerprint density at radius 2 is 1.86 bits per heavy atom. The second-order valence-electron chi connectivity index (χ2n) is 3.80.